The number of hydrogen-bond donors (Lipinski definition) is 8. The maximum atomic E-state index is 14.9. The Balaban J connectivity index is 1.02. The second-order valence-corrected chi connectivity index (χ2v) is 30.1. The fraction of sp³-hybridized carbons (Fsp3) is 0.608. The molecule has 4 aliphatic rings. The Labute approximate surface area is 610 Å². The molecule has 28 heteroatoms. The number of ether oxygens (including phenoxy) is 3. The monoisotopic (exact) mass is 1450 g/mol. The third-order valence-electron chi connectivity index (χ3n) is 19.3. The number of amides is 10. The molecule has 3 aliphatic heterocycles. The highest BCUT2D eigenvalue weighted by atomic mass is 32.2. The van der Waals surface area contributed by atoms with Gasteiger partial charge in [0.15, 0.2) is 0 Å². The number of rotatable bonds is 36. The number of aliphatic hydroxyl groups is 1. The summed E-state index contributed by atoms with van der Waals surface area (Å²) in [6, 6.07) is 9.01. The van der Waals surface area contributed by atoms with E-state index in [0.29, 0.717) is 55.6 Å². The van der Waals surface area contributed by atoms with Crippen molar-refractivity contribution in [2.75, 3.05) is 64.8 Å². The van der Waals surface area contributed by atoms with Crippen LogP contribution in [0.2, 0.25) is 0 Å². The van der Waals surface area contributed by atoms with E-state index < -0.39 is 114 Å². The van der Waals surface area contributed by atoms with Crippen molar-refractivity contribution < 1.29 is 62.5 Å². The number of carbonyl (C=O) groups excluding carboxylic acids is 9. The number of carbonyl (C=O) groups is 9. The van der Waals surface area contributed by atoms with Crippen molar-refractivity contribution in [3.05, 3.63) is 112 Å². The molecule has 0 spiro atoms. The summed E-state index contributed by atoms with van der Waals surface area (Å²) in [5.74, 6) is -3.52. The van der Waals surface area contributed by atoms with Crippen LogP contribution in [0.5, 0.6) is 0 Å². The highest BCUT2D eigenvalue weighted by molar-refractivity contribution is 8.04. The second-order valence-electron chi connectivity index (χ2n) is 27.9. The molecule has 1 fully saturated rings. The van der Waals surface area contributed by atoms with E-state index in [4.69, 9.17) is 19.9 Å². The number of thioether (sulfide) groups is 2. The van der Waals surface area contributed by atoms with Crippen LogP contribution in [0.1, 0.15) is 138 Å². The molecule has 6 rings (SSSR count). The summed E-state index contributed by atoms with van der Waals surface area (Å²) in [7, 11) is 6.12. The van der Waals surface area contributed by atoms with E-state index in [-0.39, 0.29) is 80.5 Å². The number of methoxy groups -OCH3 is 2. The maximum absolute atomic E-state index is 14.9. The minimum Gasteiger partial charge on any atom is -0.445 e. The number of aliphatic hydroxyl groups excluding tert-OH is 1. The van der Waals surface area contributed by atoms with Crippen LogP contribution in [0.3, 0.4) is 0 Å². The van der Waals surface area contributed by atoms with Crippen LogP contribution in [0, 0.1) is 29.6 Å². The first-order chi connectivity index (χ1) is 48.6. The van der Waals surface area contributed by atoms with Crippen molar-refractivity contribution in [1.82, 2.24) is 46.3 Å². The van der Waals surface area contributed by atoms with Crippen LogP contribution in [0.25, 0.3) is 0 Å². The predicted octanol–water partition coefficient (Wildman–Crippen LogP) is 8.17. The number of urea groups is 1. The summed E-state index contributed by atoms with van der Waals surface area (Å²) in [4.78, 5) is 131. The molecule has 2 aromatic carbocycles. The number of benzene rings is 2. The lowest BCUT2D eigenvalue weighted by Crippen LogP contribution is -2.60. The maximum Gasteiger partial charge on any atom is 0.410 e. The summed E-state index contributed by atoms with van der Waals surface area (Å²) in [6.07, 6.45) is 12.0. The minimum atomic E-state index is -1.10. The van der Waals surface area contributed by atoms with Crippen LogP contribution in [-0.4, -0.2) is 204 Å². The lowest BCUT2D eigenvalue weighted by atomic mass is 9.89. The van der Waals surface area contributed by atoms with Gasteiger partial charge in [0.25, 0.3) is 0 Å². The van der Waals surface area contributed by atoms with Crippen LogP contribution >= 0.6 is 23.5 Å². The molecule has 2 bridgehead atoms. The highest BCUT2D eigenvalue weighted by Gasteiger charge is 2.44. The summed E-state index contributed by atoms with van der Waals surface area (Å²) >= 11 is 3.50. The number of nitrogens with one attached hydrogen (secondary N) is 6. The fourth-order valence-electron chi connectivity index (χ4n) is 13.3. The van der Waals surface area contributed by atoms with E-state index in [0.717, 1.165) is 21.3 Å². The number of nitrogens with two attached hydrogens (primary N) is 1. The zero-order chi connectivity index (χ0) is 74.9. The van der Waals surface area contributed by atoms with E-state index in [2.05, 4.69) is 60.5 Å². The number of fused-ring (bicyclic) bond motifs is 2. The van der Waals surface area contributed by atoms with Crippen LogP contribution in [-0.2, 0) is 54.4 Å². The number of allylic oxidation sites excluding steroid dienone is 6. The molecule has 9 N–H and O–H groups in total. The molecule has 0 aromatic heterocycles. The van der Waals surface area contributed by atoms with Crippen LogP contribution in [0.4, 0.5) is 15.3 Å². The van der Waals surface area contributed by atoms with Gasteiger partial charge in [-0.25, -0.2) is 9.59 Å². The van der Waals surface area contributed by atoms with E-state index in [1.807, 2.05) is 69.1 Å². The average molecular weight is 1450 g/mol. The van der Waals surface area contributed by atoms with Gasteiger partial charge >= 0.3 is 12.1 Å². The molecule has 0 saturated carbocycles. The average Bonchev–Trinajstić information content (AvgIpc) is 1.46. The molecule has 0 radical (unpaired) electrons. The highest BCUT2D eigenvalue weighted by Crippen LogP contribution is 2.36. The Hall–Kier alpha value is -7.79. The third kappa shape index (κ3) is 23.9. The van der Waals surface area contributed by atoms with Crippen LogP contribution < -0.4 is 37.6 Å². The smallest absolute Gasteiger partial charge is 0.410 e. The summed E-state index contributed by atoms with van der Waals surface area (Å²) in [5.41, 5.74) is 6.87. The van der Waals surface area contributed by atoms with Gasteiger partial charge in [-0.15, -0.1) is 23.5 Å². The number of likely N-dealkylation sites (N-methyl/N-ethyl adjacent to an activating group) is 2. The lowest BCUT2D eigenvalue weighted by molar-refractivity contribution is -0.148. The van der Waals surface area contributed by atoms with Gasteiger partial charge in [0.1, 0.15) is 36.8 Å². The number of likely N-dealkylation sites (tertiary alicyclic amines) is 1. The van der Waals surface area contributed by atoms with Gasteiger partial charge in [0, 0.05) is 81.4 Å². The number of primary amides is 1. The molecule has 562 valence electrons. The number of hydrogen-bond acceptors (Lipinski definition) is 18. The zero-order valence-corrected chi connectivity index (χ0v) is 63.4. The molecule has 3 heterocycles. The van der Waals surface area contributed by atoms with E-state index in [9.17, 15) is 48.3 Å². The van der Waals surface area contributed by atoms with Crippen molar-refractivity contribution in [3.8, 4) is 0 Å². The molecule has 2 aromatic rings. The Morgan fingerprint density at radius 3 is 2.10 bits per heavy atom. The van der Waals surface area contributed by atoms with Gasteiger partial charge in [-0.3, -0.25) is 43.5 Å². The first kappa shape index (κ1) is 83.2. The van der Waals surface area contributed by atoms with Gasteiger partial charge in [-0.2, -0.15) is 5.11 Å². The van der Waals surface area contributed by atoms with Crippen LogP contribution in [0.15, 0.2) is 111 Å². The van der Waals surface area contributed by atoms with E-state index >= 15 is 0 Å². The molecule has 26 nitrogen and oxygen atoms in total. The Morgan fingerprint density at radius 2 is 1.45 bits per heavy atom. The number of anilines is 1. The molecule has 10 amide bonds. The van der Waals surface area contributed by atoms with Gasteiger partial charge in [-0.1, -0.05) is 135 Å². The Bertz CT molecular complexity index is 3300. The SMILES string of the molecule is CCC(C)C(C(CC(=O)N1CCCC1C(OC)C(C)C(=O)NC(C)C(O)c1ccccc1)OC)N(C)C(=O)C(NC(=O)C(C(C)C)N(C)C(=O)OCc1ccc(NC(=O)C(CCCNC(N)=O)NC(=O)C(NC(=O)CCCN2N=NC3CSC4=CC=CC=CC(=C4)SCC32)C(C)C)cc1)C(C)C. The Morgan fingerprint density at radius 1 is 0.755 bits per heavy atom. The predicted molar refractivity (Wildman–Crippen MR) is 397 cm³/mol. The van der Waals surface area contributed by atoms with Crippen molar-refractivity contribution in [2.24, 2.45) is 45.7 Å². The second kappa shape index (κ2) is 40.9. The normalized spacial score (nSPS) is 19.8. The fourth-order valence-corrected chi connectivity index (χ4v) is 15.5. The quantitative estimate of drug-likeness (QED) is 0.0298. The third-order valence-corrected chi connectivity index (χ3v) is 21.5. The van der Waals surface area contributed by atoms with Crippen molar-refractivity contribution in [3.63, 3.8) is 0 Å². The van der Waals surface area contributed by atoms with Crippen molar-refractivity contribution in [2.45, 2.75) is 200 Å². The topological polar surface area (TPSA) is 337 Å². The first-order valence-electron chi connectivity index (χ1n) is 35.7. The van der Waals surface area contributed by atoms with Gasteiger partial charge in [-0.05, 0) is 104 Å². The zero-order valence-electron chi connectivity index (χ0n) is 61.8. The Kier molecular flexibility index (Phi) is 33.3. The molecule has 102 heavy (non-hydrogen) atoms. The van der Waals surface area contributed by atoms with Gasteiger partial charge < -0.3 is 66.8 Å². The molecular formula is C74H111N13O13S2. The standard InChI is InChI=1S/C74H111N13O13S2/c1-15-47(8)65(59(98-13)40-61(89)86-37-23-30-57(86)67(99-14)48(9)68(91)77-49(10)66(90)51-25-18-16-19-26-51)84(11)72(95)63(45(4)5)81-71(94)64(46(6)7)85(12)74(97)100-41-50-32-34-52(35-33-50)78-69(92)55(29-22-36-76-73(75)96)79-70(93)62(44(2)3)80-60(88)31-24-38-87-58-43-102-54-28-21-17-20-27-53(39-54)101-42-56(58)82-83-87/h16-21,25-28,32-35,39,44-49,55-59,62-67,90H,15,22-24,29-31,36-38,40-43H2,1-14H3,(H,77,91)(H,78,92)(H,79,93)(H,80,88)(H,81,94)(H3,75,76,96). The molecular weight excluding hydrogens is 1340 g/mol. The first-order valence-corrected chi connectivity index (χ1v) is 37.6. The number of nitrogens with zero attached hydrogens (tertiary/aromatic N) is 6. The largest absolute Gasteiger partial charge is 0.445 e. The summed E-state index contributed by atoms with van der Waals surface area (Å²) in [5, 5.41) is 39.0. The molecule has 1 saturated heterocycles. The molecule has 14 atom stereocenters. The minimum absolute atomic E-state index is 0.000264. The van der Waals surface area contributed by atoms with E-state index in [1.54, 1.807) is 118 Å². The van der Waals surface area contributed by atoms with Crippen molar-refractivity contribution >= 4 is 82.7 Å². The summed E-state index contributed by atoms with van der Waals surface area (Å²) < 4.78 is 17.8. The van der Waals surface area contributed by atoms with Gasteiger partial charge in [0.2, 0.25) is 41.4 Å². The summed E-state index contributed by atoms with van der Waals surface area (Å²) in [6.45, 7) is 19.1. The molecule has 1 aliphatic carbocycles. The van der Waals surface area contributed by atoms with E-state index in [1.165, 1.54) is 26.2 Å². The lowest BCUT2D eigenvalue weighted by Gasteiger charge is -2.41. The van der Waals surface area contributed by atoms with Crippen molar-refractivity contribution in [1.29, 1.82) is 0 Å². The molecule has 14 unspecified atom stereocenters. The van der Waals surface area contributed by atoms with Gasteiger partial charge in [0.05, 0.1) is 54.8 Å².